The number of morpholine rings is 1. The molecule has 0 atom stereocenters. The molecule has 0 bridgehead atoms. The van der Waals surface area contributed by atoms with Crippen molar-refractivity contribution in [1.29, 1.82) is 0 Å². The highest BCUT2D eigenvalue weighted by Crippen LogP contribution is 2.15. The number of nitrogens with one attached hydrogen (secondary N) is 1. The first kappa shape index (κ1) is 20.3. The molecule has 0 spiro atoms. The normalized spacial score (nSPS) is 15.2. The summed E-state index contributed by atoms with van der Waals surface area (Å²) in [5.74, 6) is 0.437. The van der Waals surface area contributed by atoms with Crippen LogP contribution in [0.4, 0.5) is 0 Å². The van der Waals surface area contributed by atoms with E-state index < -0.39 is 0 Å². The minimum atomic E-state index is -0.0784. The van der Waals surface area contributed by atoms with E-state index in [0.717, 1.165) is 44.0 Å². The number of rotatable bonds is 7. The van der Waals surface area contributed by atoms with Gasteiger partial charge in [0.05, 0.1) is 13.2 Å². The van der Waals surface area contributed by atoms with Crippen LogP contribution in [-0.2, 0) is 22.6 Å². The summed E-state index contributed by atoms with van der Waals surface area (Å²) >= 11 is 0. The lowest BCUT2D eigenvalue weighted by molar-refractivity contribution is -0.116. The van der Waals surface area contributed by atoms with Crippen molar-refractivity contribution >= 4 is 12.0 Å². The molecule has 1 amide bonds. The van der Waals surface area contributed by atoms with Gasteiger partial charge >= 0.3 is 0 Å². The summed E-state index contributed by atoms with van der Waals surface area (Å²) in [5.41, 5.74) is 4.74. The molecule has 1 fully saturated rings. The molecule has 0 saturated carbocycles. The standard InChI is InChI=1S/C24H30N2O2/c1-19(2)23-10-7-20(8-11-23)9-12-24(27)25-17-21-3-5-22(6-4-21)18-26-13-15-28-16-14-26/h3-12,19H,13-18H2,1-2H3,(H,25,27). The van der Waals surface area contributed by atoms with E-state index in [1.54, 1.807) is 6.08 Å². The van der Waals surface area contributed by atoms with Crippen LogP contribution >= 0.6 is 0 Å². The van der Waals surface area contributed by atoms with Gasteiger partial charge in [-0.05, 0) is 34.2 Å². The number of carbonyl (C=O) groups is 1. The van der Waals surface area contributed by atoms with E-state index in [1.165, 1.54) is 11.1 Å². The van der Waals surface area contributed by atoms with Crippen LogP contribution in [0.1, 0.15) is 42.0 Å². The van der Waals surface area contributed by atoms with Crippen molar-refractivity contribution in [2.24, 2.45) is 0 Å². The fourth-order valence-corrected chi connectivity index (χ4v) is 3.19. The van der Waals surface area contributed by atoms with Crippen LogP contribution < -0.4 is 5.32 Å². The monoisotopic (exact) mass is 378 g/mol. The van der Waals surface area contributed by atoms with Crippen molar-refractivity contribution in [2.45, 2.75) is 32.9 Å². The zero-order valence-electron chi connectivity index (χ0n) is 16.9. The smallest absolute Gasteiger partial charge is 0.244 e. The van der Waals surface area contributed by atoms with E-state index in [0.29, 0.717) is 12.5 Å². The number of benzene rings is 2. The highest BCUT2D eigenvalue weighted by atomic mass is 16.5. The Morgan fingerprint density at radius 3 is 2.32 bits per heavy atom. The Kier molecular flexibility index (Phi) is 7.40. The molecule has 2 aromatic rings. The lowest BCUT2D eigenvalue weighted by atomic mass is 10.0. The molecule has 1 aliphatic heterocycles. The lowest BCUT2D eigenvalue weighted by Gasteiger charge is -2.26. The maximum absolute atomic E-state index is 12.1. The minimum Gasteiger partial charge on any atom is -0.379 e. The maximum Gasteiger partial charge on any atom is 0.244 e. The predicted molar refractivity (Wildman–Crippen MR) is 114 cm³/mol. The van der Waals surface area contributed by atoms with Gasteiger partial charge in [-0.15, -0.1) is 0 Å². The Hall–Kier alpha value is -2.43. The summed E-state index contributed by atoms with van der Waals surface area (Å²) in [6.07, 6.45) is 3.45. The van der Waals surface area contributed by atoms with Crippen molar-refractivity contribution < 1.29 is 9.53 Å². The average molecular weight is 379 g/mol. The largest absolute Gasteiger partial charge is 0.379 e. The van der Waals surface area contributed by atoms with Gasteiger partial charge in [-0.25, -0.2) is 0 Å². The van der Waals surface area contributed by atoms with Gasteiger partial charge in [0.1, 0.15) is 0 Å². The molecular weight excluding hydrogens is 348 g/mol. The van der Waals surface area contributed by atoms with Gasteiger partial charge in [0.2, 0.25) is 5.91 Å². The van der Waals surface area contributed by atoms with E-state index in [1.807, 2.05) is 18.2 Å². The number of amides is 1. The molecule has 2 aromatic carbocycles. The fourth-order valence-electron chi connectivity index (χ4n) is 3.19. The van der Waals surface area contributed by atoms with E-state index in [9.17, 15) is 4.79 Å². The van der Waals surface area contributed by atoms with Crippen molar-refractivity contribution in [3.05, 3.63) is 76.9 Å². The predicted octanol–water partition coefficient (Wildman–Crippen LogP) is 3.97. The van der Waals surface area contributed by atoms with Crippen LogP contribution in [0, 0.1) is 0 Å². The third kappa shape index (κ3) is 6.32. The molecule has 0 unspecified atom stereocenters. The third-order valence-electron chi connectivity index (χ3n) is 5.03. The minimum absolute atomic E-state index is 0.0784. The van der Waals surface area contributed by atoms with Crippen LogP contribution in [0.5, 0.6) is 0 Å². The van der Waals surface area contributed by atoms with E-state index in [4.69, 9.17) is 4.74 Å². The van der Waals surface area contributed by atoms with E-state index in [2.05, 4.69) is 60.5 Å². The molecular formula is C24H30N2O2. The molecule has 0 radical (unpaired) electrons. The van der Waals surface area contributed by atoms with E-state index in [-0.39, 0.29) is 5.91 Å². The summed E-state index contributed by atoms with van der Waals surface area (Å²) in [5, 5.41) is 2.95. The Morgan fingerprint density at radius 2 is 1.68 bits per heavy atom. The van der Waals surface area contributed by atoms with Gasteiger partial charge in [-0.2, -0.15) is 0 Å². The first-order valence-electron chi connectivity index (χ1n) is 10.0. The Balaban J connectivity index is 1.44. The van der Waals surface area contributed by atoms with Crippen LogP contribution in [-0.4, -0.2) is 37.1 Å². The van der Waals surface area contributed by atoms with Gasteiger partial charge in [0.15, 0.2) is 0 Å². The van der Waals surface area contributed by atoms with Gasteiger partial charge in [-0.3, -0.25) is 9.69 Å². The third-order valence-corrected chi connectivity index (χ3v) is 5.03. The average Bonchev–Trinajstić information content (AvgIpc) is 2.73. The number of carbonyl (C=O) groups excluding carboxylic acids is 1. The summed E-state index contributed by atoms with van der Waals surface area (Å²) < 4.78 is 5.39. The highest BCUT2D eigenvalue weighted by Gasteiger charge is 2.10. The Morgan fingerprint density at radius 1 is 1.04 bits per heavy atom. The molecule has 148 valence electrons. The van der Waals surface area contributed by atoms with Gasteiger partial charge in [0, 0.05) is 32.3 Å². The number of hydrogen-bond donors (Lipinski definition) is 1. The van der Waals surface area contributed by atoms with Gasteiger partial charge < -0.3 is 10.1 Å². The van der Waals surface area contributed by atoms with Crippen LogP contribution in [0.3, 0.4) is 0 Å². The summed E-state index contributed by atoms with van der Waals surface area (Å²) in [6.45, 7) is 9.45. The molecule has 0 aliphatic carbocycles. The second kappa shape index (κ2) is 10.2. The molecule has 1 N–H and O–H groups in total. The second-order valence-electron chi connectivity index (χ2n) is 7.58. The van der Waals surface area contributed by atoms with E-state index >= 15 is 0 Å². The Bertz CT molecular complexity index is 773. The Labute approximate surface area is 168 Å². The van der Waals surface area contributed by atoms with Crippen molar-refractivity contribution in [1.82, 2.24) is 10.2 Å². The van der Waals surface area contributed by atoms with Crippen LogP contribution in [0.25, 0.3) is 6.08 Å². The molecule has 1 heterocycles. The fraction of sp³-hybridized carbons (Fsp3) is 0.375. The molecule has 0 aromatic heterocycles. The quantitative estimate of drug-likeness (QED) is 0.741. The zero-order valence-corrected chi connectivity index (χ0v) is 16.9. The molecule has 1 aliphatic rings. The van der Waals surface area contributed by atoms with Gasteiger partial charge in [-0.1, -0.05) is 62.4 Å². The second-order valence-corrected chi connectivity index (χ2v) is 7.58. The summed E-state index contributed by atoms with van der Waals surface area (Å²) in [4.78, 5) is 14.5. The molecule has 3 rings (SSSR count). The first-order valence-corrected chi connectivity index (χ1v) is 10.0. The number of ether oxygens (including phenoxy) is 1. The molecule has 28 heavy (non-hydrogen) atoms. The van der Waals surface area contributed by atoms with Gasteiger partial charge in [0.25, 0.3) is 0 Å². The van der Waals surface area contributed by atoms with Crippen molar-refractivity contribution in [3.8, 4) is 0 Å². The highest BCUT2D eigenvalue weighted by molar-refractivity contribution is 5.91. The topological polar surface area (TPSA) is 41.6 Å². The van der Waals surface area contributed by atoms with Crippen molar-refractivity contribution in [3.63, 3.8) is 0 Å². The first-order chi connectivity index (χ1) is 13.6. The summed E-state index contributed by atoms with van der Waals surface area (Å²) in [6, 6.07) is 16.8. The molecule has 4 heteroatoms. The van der Waals surface area contributed by atoms with Crippen LogP contribution in [0.15, 0.2) is 54.6 Å². The zero-order chi connectivity index (χ0) is 19.8. The number of hydrogen-bond acceptors (Lipinski definition) is 3. The maximum atomic E-state index is 12.1. The van der Waals surface area contributed by atoms with Crippen molar-refractivity contribution in [2.75, 3.05) is 26.3 Å². The number of nitrogens with zero attached hydrogens (tertiary/aromatic N) is 1. The SMILES string of the molecule is CC(C)c1ccc(C=CC(=O)NCc2ccc(CN3CCOCC3)cc2)cc1. The van der Waals surface area contributed by atoms with Crippen LogP contribution in [0.2, 0.25) is 0 Å². The molecule has 1 saturated heterocycles. The summed E-state index contributed by atoms with van der Waals surface area (Å²) in [7, 11) is 0. The molecule has 4 nitrogen and oxygen atoms in total. The lowest BCUT2D eigenvalue weighted by Crippen LogP contribution is -2.35.